The number of benzene rings is 1. The van der Waals surface area contributed by atoms with E-state index in [1.54, 1.807) is 0 Å². The molecule has 0 bridgehead atoms. The van der Waals surface area contributed by atoms with Crippen molar-refractivity contribution in [1.82, 2.24) is 14.8 Å². The highest BCUT2D eigenvalue weighted by Crippen LogP contribution is 2.05. The smallest absolute Gasteiger partial charge is 0.328 e. The molecule has 0 unspecified atom stereocenters. The van der Waals surface area contributed by atoms with Crippen LogP contribution in [-0.2, 0) is 22.7 Å². The first kappa shape index (κ1) is 12.1. The number of anilines is 1. The van der Waals surface area contributed by atoms with Crippen molar-refractivity contribution >= 4 is 11.9 Å². The Bertz CT molecular complexity index is 551. The molecule has 0 aliphatic rings. The van der Waals surface area contributed by atoms with E-state index in [1.807, 2.05) is 31.2 Å². The van der Waals surface area contributed by atoms with Crippen molar-refractivity contribution in [2.45, 2.75) is 20.1 Å². The Labute approximate surface area is 104 Å². The highest BCUT2D eigenvalue weighted by atomic mass is 16.5. The predicted octanol–water partition coefficient (Wildman–Crippen LogP) is 0.912. The molecule has 1 aromatic carbocycles. The van der Waals surface area contributed by atoms with Gasteiger partial charge in [-0.05, 0) is 12.5 Å². The summed E-state index contributed by atoms with van der Waals surface area (Å²) in [6, 6.07) is 7.80. The second-order valence-electron chi connectivity index (χ2n) is 3.95. The summed E-state index contributed by atoms with van der Waals surface area (Å²) in [5.41, 5.74) is 7.43. The first-order chi connectivity index (χ1) is 8.63. The summed E-state index contributed by atoms with van der Waals surface area (Å²) in [4.78, 5) is 15.2. The monoisotopic (exact) mass is 246 g/mol. The summed E-state index contributed by atoms with van der Waals surface area (Å²) in [7, 11) is 0. The molecule has 1 heterocycles. The number of esters is 1. The number of carbonyl (C=O) groups excluding carboxylic acids is 1. The Hall–Kier alpha value is -2.37. The van der Waals surface area contributed by atoms with Crippen LogP contribution in [0.25, 0.3) is 0 Å². The molecule has 0 atom stereocenters. The predicted molar refractivity (Wildman–Crippen MR) is 65.4 cm³/mol. The van der Waals surface area contributed by atoms with Crippen LogP contribution in [-0.4, -0.2) is 20.7 Å². The van der Waals surface area contributed by atoms with Gasteiger partial charge in [-0.1, -0.05) is 29.8 Å². The van der Waals surface area contributed by atoms with E-state index in [0.29, 0.717) is 0 Å². The summed E-state index contributed by atoms with van der Waals surface area (Å²) in [5, 5.41) is 3.80. The molecule has 0 aliphatic heterocycles. The van der Waals surface area contributed by atoms with E-state index in [4.69, 9.17) is 10.5 Å². The zero-order valence-electron chi connectivity index (χ0n) is 10.0. The average Bonchev–Trinajstić information content (AvgIpc) is 2.72. The Morgan fingerprint density at radius 2 is 2.33 bits per heavy atom. The lowest BCUT2D eigenvalue weighted by atomic mass is 10.1. The molecule has 0 aliphatic carbocycles. The molecule has 6 nitrogen and oxygen atoms in total. The van der Waals surface area contributed by atoms with Crippen molar-refractivity contribution < 1.29 is 9.53 Å². The molecule has 0 saturated carbocycles. The van der Waals surface area contributed by atoms with Crippen molar-refractivity contribution in [2.75, 3.05) is 5.73 Å². The lowest BCUT2D eigenvalue weighted by Gasteiger charge is -2.05. The largest absolute Gasteiger partial charge is 0.459 e. The van der Waals surface area contributed by atoms with Gasteiger partial charge in [0.05, 0.1) is 0 Å². The fourth-order valence-electron chi connectivity index (χ4n) is 1.53. The summed E-state index contributed by atoms with van der Waals surface area (Å²) >= 11 is 0. The summed E-state index contributed by atoms with van der Waals surface area (Å²) < 4.78 is 6.47. The molecule has 18 heavy (non-hydrogen) atoms. The molecule has 6 heteroatoms. The Morgan fingerprint density at radius 3 is 3.00 bits per heavy atom. The number of hydrogen-bond acceptors (Lipinski definition) is 5. The number of ether oxygens (including phenoxy) is 1. The van der Waals surface area contributed by atoms with Crippen LogP contribution in [0.1, 0.15) is 11.1 Å². The van der Waals surface area contributed by atoms with Crippen LogP contribution >= 0.6 is 0 Å². The molecule has 1 aromatic heterocycles. The van der Waals surface area contributed by atoms with E-state index in [1.165, 1.54) is 11.0 Å². The van der Waals surface area contributed by atoms with Crippen LogP contribution in [0, 0.1) is 6.92 Å². The fraction of sp³-hybridized carbons (Fsp3) is 0.250. The molecule has 0 amide bonds. The van der Waals surface area contributed by atoms with Crippen molar-refractivity contribution in [2.24, 2.45) is 0 Å². The molecule has 2 N–H and O–H groups in total. The fourth-order valence-corrected chi connectivity index (χ4v) is 1.53. The van der Waals surface area contributed by atoms with Gasteiger partial charge in [0.25, 0.3) is 0 Å². The van der Waals surface area contributed by atoms with E-state index in [0.717, 1.165) is 11.1 Å². The van der Waals surface area contributed by atoms with Gasteiger partial charge in [0.1, 0.15) is 19.5 Å². The minimum atomic E-state index is -0.374. The van der Waals surface area contributed by atoms with Crippen LogP contribution in [0.15, 0.2) is 30.6 Å². The van der Waals surface area contributed by atoms with Crippen LogP contribution in [0.2, 0.25) is 0 Å². The molecule has 94 valence electrons. The van der Waals surface area contributed by atoms with Crippen molar-refractivity contribution in [1.29, 1.82) is 0 Å². The number of carbonyl (C=O) groups is 1. The molecule has 2 rings (SSSR count). The maximum atomic E-state index is 11.5. The van der Waals surface area contributed by atoms with E-state index in [2.05, 4.69) is 10.1 Å². The van der Waals surface area contributed by atoms with Crippen molar-refractivity contribution in [3.8, 4) is 0 Å². The Balaban J connectivity index is 1.85. The van der Waals surface area contributed by atoms with Crippen LogP contribution in [0.4, 0.5) is 5.95 Å². The minimum Gasteiger partial charge on any atom is -0.459 e. The molecule has 0 radical (unpaired) electrons. The maximum absolute atomic E-state index is 11.5. The van der Waals surface area contributed by atoms with E-state index < -0.39 is 0 Å². The van der Waals surface area contributed by atoms with Crippen LogP contribution in [0.5, 0.6) is 0 Å². The SMILES string of the molecule is Cc1cccc(COC(=O)Cn2cnc(N)n2)c1. The van der Waals surface area contributed by atoms with Gasteiger partial charge in [-0.25, -0.2) is 9.67 Å². The molecule has 2 aromatic rings. The molecular formula is C12H14N4O2. The second-order valence-corrected chi connectivity index (χ2v) is 3.95. The van der Waals surface area contributed by atoms with Gasteiger partial charge in [0, 0.05) is 0 Å². The van der Waals surface area contributed by atoms with Gasteiger partial charge in [-0.2, -0.15) is 0 Å². The number of aromatic nitrogens is 3. The third-order valence-corrected chi connectivity index (χ3v) is 2.33. The highest BCUT2D eigenvalue weighted by molar-refractivity contribution is 5.69. The standard InChI is InChI=1S/C12H14N4O2/c1-9-3-2-4-10(5-9)7-18-11(17)6-16-8-14-12(13)15-16/h2-5,8H,6-7H2,1H3,(H2,13,15). The summed E-state index contributed by atoms with van der Waals surface area (Å²) in [6.07, 6.45) is 1.39. The quantitative estimate of drug-likeness (QED) is 0.811. The number of rotatable bonds is 4. The number of nitrogens with two attached hydrogens (primary N) is 1. The van der Waals surface area contributed by atoms with E-state index in [9.17, 15) is 4.79 Å². The van der Waals surface area contributed by atoms with E-state index >= 15 is 0 Å². The van der Waals surface area contributed by atoms with Gasteiger partial charge < -0.3 is 10.5 Å². The van der Waals surface area contributed by atoms with Gasteiger partial charge in [0.2, 0.25) is 5.95 Å². The number of hydrogen-bond donors (Lipinski definition) is 1. The molecule has 0 fully saturated rings. The van der Waals surface area contributed by atoms with Gasteiger partial charge >= 0.3 is 5.97 Å². The number of nitrogen functional groups attached to an aromatic ring is 1. The summed E-state index contributed by atoms with van der Waals surface area (Å²) in [6.45, 7) is 2.25. The average molecular weight is 246 g/mol. The second kappa shape index (κ2) is 5.31. The summed E-state index contributed by atoms with van der Waals surface area (Å²) in [5.74, 6) is -0.233. The Kier molecular flexibility index (Phi) is 3.57. The third kappa shape index (κ3) is 3.31. The number of aryl methyl sites for hydroxylation is 1. The van der Waals surface area contributed by atoms with Gasteiger partial charge in [-0.3, -0.25) is 4.79 Å². The zero-order chi connectivity index (χ0) is 13.0. The zero-order valence-corrected chi connectivity index (χ0v) is 10.0. The van der Waals surface area contributed by atoms with E-state index in [-0.39, 0.29) is 25.1 Å². The first-order valence-corrected chi connectivity index (χ1v) is 5.49. The Morgan fingerprint density at radius 1 is 1.50 bits per heavy atom. The first-order valence-electron chi connectivity index (χ1n) is 5.49. The molecule has 0 saturated heterocycles. The highest BCUT2D eigenvalue weighted by Gasteiger charge is 2.06. The van der Waals surface area contributed by atoms with Gasteiger partial charge in [0.15, 0.2) is 0 Å². The topological polar surface area (TPSA) is 83.0 Å². The molecular weight excluding hydrogens is 232 g/mol. The number of nitrogens with zero attached hydrogens (tertiary/aromatic N) is 3. The van der Waals surface area contributed by atoms with Crippen molar-refractivity contribution in [3.05, 3.63) is 41.7 Å². The van der Waals surface area contributed by atoms with Crippen molar-refractivity contribution in [3.63, 3.8) is 0 Å². The maximum Gasteiger partial charge on any atom is 0.328 e. The van der Waals surface area contributed by atoms with Gasteiger partial charge in [-0.15, -0.1) is 5.10 Å². The lowest BCUT2D eigenvalue weighted by Crippen LogP contribution is -2.14. The molecule has 0 spiro atoms. The normalized spacial score (nSPS) is 10.3. The minimum absolute atomic E-state index is 0.00994. The third-order valence-electron chi connectivity index (χ3n) is 2.33. The lowest BCUT2D eigenvalue weighted by molar-refractivity contribution is -0.145. The van der Waals surface area contributed by atoms with Crippen LogP contribution in [0.3, 0.4) is 0 Å². The van der Waals surface area contributed by atoms with Crippen LogP contribution < -0.4 is 5.73 Å².